The Labute approximate surface area is 150 Å². The summed E-state index contributed by atoms with van der Waals surface area (Å²) >= 11 is 1.46. The Hall–Kier alpha value is -2.60. The van der Waals surface area contributed by atoms with E-state index >= 15 is 0 Å². The number of carbonyl (C=O) groups is 1. The maximum absolute atomic E-state index is 12.5. The Morgan fingerprint density at radius 2 is 1.88 bits per heavy atom. The molecule has 5 nitrogen and oxygen atoms in total. The van der Waals surface area contributed by atoms with Gasteiger partial charge in [-0.3, -0.25) is 4.79 Å². The molecule has 2 aromatic carbocycles. The third kappa shape index (κ3) is 3.17. The first-order valence-corrected chi connectivity index (χ1v) is 9.18. The number of hydrogen-bond acceptors (Lipinski definition) is 4. The molecule has 0 atom stereocenters. The Balaban J connectivity index is 1.44. The van der Waals surface area contributed by atoms with E-state index in [0.29, 0.717) is 12.3 Å². The van der Waals surface area contributed by atoms with Crippen molar-refractivity contribution in [2.75, 3.05) is 12.3 Å². The van der Waals surface area contributed by atoms with Gasteiger partial charge in [-0.2, -0.15) is 5.10 Å². The van der Waals surface area contributed by atoms with E-state index in [9.17, 15) is 4.79 Å². The molecule has 126 valence electrons. The van der Waals surface area contributed by atoms with Gasteiger partial charge in [0.1, 0.15) is 0 Å². The van der Waals surface area contributed by atoms with Gasteiger partial charge >= 0.3 is 0 Å². The first kappa shape index (κ1) is 15.9. The third-order valence-electron chi connectivity index (χ3n) is 4.27. The van der Waals surface area contributed by atoms with Crippen LogP contribution in [0.5, 0.6) is 0 Å². The van der Waals surface area contributed by atoms with Crippen molar-refractivity contribution in [1.29, 1.82) is 0 Å². The van der Waals surface area contributed by atoms with Crippen molar-refractivity contribution < 1.29 is 4.79 Å². The molecule has 6 heteroatoms. The molecule has 0 spiro atoms. The molecular weight excluding hydrogens is 332 g/mol. The number of carbonyl (C=O) groups excluding carboxylic acids is 1. The molecule has 0 N–H and O–H groups in total. The van der Waals surface area contributed by atoms with Gasteiger partial charge < -0.3 is 4.57 Å². The lowest BCUT2D eigenvalue weighted by Gasteiger charge is -2.10. The molecule has 1 aliphatic rings. The predicted octanol–water partition coefficient (Wildman–Crippen LogP) is 3.30. The second-order valence-electron chi connectivity index (χ2n) is 5.91. The summed E-state index contributed by atoms with van der Waals surface area (Å²) in [6, 6.07) is 18.0. The average molecular weight is 350 g/mol. The molecule has 0 unspecified atom stereocenters. The Kier molecular flexibility index (Phi) is 4.28. The topological polar surface area (TPSA) is 50.5 Å². The molecule has 0 aliphatic carbocycles. The van der Waals surface area contributed by atoms with Crippen molar-refractivity contribution in [1.82, 2.24) is 14.6 Å². The number of aryl methyl sites for hydroxylation is 1. The lowest BCUT2D eigenvalue weighted by Crippen LogP contribution is -2.25. The summed E-state index contributed by atoms with van der Waals surface area (Å²) in [6.45, 7) is 0.645. The molecule has 1 aliphatic heterocycles. The zero-order valence-electron chi connectivity index (χ0n) is 13.9. The van der Waals surface area contributed by atoms with Crippen LogP contribution >= 0.6 is 11.8 Å². The van der Waals surface area contributed by atoms with Crippen molar-refractivity contribution in [2.45, 2.75) is 11.6 Å². The lowest BCUT2D eigenvalue weighted by atomic mass is 10.1. The SMILES string of the molecule is Cn1c(SCC(=O)N2CCC(c3ccccc3)=N2)nc2ccccc21. The first-order valence-electron chi connectivity index (χ1n) is 8.20. The number of rotatable bonds is 4. The zero-order valence-corrected chi connectivity index (χ0v) is 14.7. The number of thioether (sulfide) groups is 1. The highest BCUT2D eigenvalue weighted by Crippen LogP contribution is 2.23. The molecule has 0 radical (unpaired) electrons. The minimum Gasteiger partial charge on any atom is -0.322 e. The van der Waals surface area contributed by atoms with Crippen molar-refractivity contribution in [3.8, 4) is 0 Å². The highest BCUT2D eigenvalue weighted by atomic mass is 32.2. The van der Waals surface area contributed by atoms with Crippen LogP contribution in [0.15, 0.2) is 64.9 Å². The summed E-state index contributed by atoms with van der Waals surface area (Å²) in [7, 11) is 1.98. The fraction of sp³-hybridized carbons (Fsp3) is 0.211. The zero-order chi connectivity index (χ0) is 17.2. The fourth-order valence-corrected chi connectivity index (χ4v) is 3.78. The molecule has 25 heavy (non-hydrogen) atoms. The summed E-state index contributed by atoms with van der Waals surface area (Å²) in [5, 5.41) is 6.93. The van der Waals surface area contributed by atoms with Crippen LogP contribution in [0.3, 0.4) is 0 Å². The van der Waals surface area contributed by atoms with Crippen molar-refractivity contribution in [3.05, 3.63) is 60.2 Å². The van der Waals surface area contributed by atoms with Crippen molar-refractivity contribution >= 4 is 34.4 Å². The van der Waals surface area contributed by atoms with Crippen LogP contribution in [-0.2, 0) is 11.8 Å². The summed E-state index contributed by atoms with van der Waals surface area (Å²) in [5.41, 5.74) is 4.08. The molecule has 0 bridgehead atoms. The maximum Gasteiger partial charge on any atom is 0.253 e. The summed E-state index contributed by atoms with van der Waals surface area (Å²) in [4.78, 5) is 17.1. The molecule has 1 amide bonds. The van der Waals surface area contributed by atoms with Gasteiger partial charge in [0, 0.05) is 13.5 Å². The number of aromatic nitrogens is 2. The molecule has 0 fully saturated rings. The van der Waals surface area contributed by atoms with Crippen molar-refractivity contribution in [3.63, 3.8) is 0 Å². The molecule has 3 aromatic rings. The summed E-state index contributed by atoms with van der Waals surface area (Å²) in [5.74, 6) is 0.353. The smallest absolute Gasteiger partial charge is 0.253 e. The van der Waals surface area contributed by atoms with Gasteiger partial charge in [-0.1, -0.05) is 54.2 Å². The normalized spacial score (nSPS) is 14.1. The van der Waals surface area contributed by atoms with E-state index in [4.69, 9.17) is 0 Å². The number of hydrazone groups is 1. The van der Waals surface area contributed by atoms with Gasteiger partial charge in [-0.15, -0.1) is 0 Å². The summed E-state index contributed by atoms with van der Waals surface area (Å²) in [6.07, 6.45) is 0.798. The minimum absolute atomic E-state index is 0.0167. The molecule has 0 saturated carbocycles. The maximum atomic E-state index is 12.5. The molecule has 2 heterocycles. The molecule has 1 aromatic heterocycles. The van der Waals surface area contributed by atoms with E-state index in [1.54, 1.807) is 5.01 Å². The predicted molar refractivity (Wildman–Crippen MR) is 101 cm³/mol. The van der Waals surface area contributed by atoms with E-state index in [-0.39, 0.29) is 5.91 Å². The lowest BCUT2D eigenvalue weighted by molar-refractivity contribution is -0.127. The average Bonchev–Trinajstić information content (AvgIpc) is 3.26. The number of imidazole rings is 1. The minimum atomic E-state index is 0.0167. The van der Waals surface area contributed by atoms with E-state index in [0.717, 1.165) is 33.9 Å². The van der Waals surface area contributed by atoms with Crippen LogP contribution in [0.2, 0.25) is 0 Å². The number of para-hydroxylation sites is 2. The highest BCUT2D eigenvalue weighted by molar-refractivity contribution is 7.99. The first-order chi connectivity index (χ1) is 12.2. The quantitative estimate of drug-likeness (QED) is 0.679. The largest absolute Gasteiger partial charge is 0.322 e. The number of fused-ring (bicyclic) bond motifs is 1. The Morgan fingerprint density at radius 3 is 2.68 bits per heavy atom. The highest BCUT2D eigenvalue weighted by Gasteiger charge is 2.22. The van der Waals surface area contributed by atoms with Crippen LogP contribution in [0.1, 0.15) is 12.0 Å². The van der Waals surface area contributed by atoms with Gasteiger partial charge in [0.2, 0.25) is 0 Å². The van der Waals surface area contributed by atoms with E-state index in [2.05, 4.69) is 10.1 Å². The second-order valence-corrected chi connectivity index (χ2v) is 6.85. The number of amides is 1. The van der Waals surface area contributed by atoms with Gasteiger partial charge in [0.05, 0.1) is 29.0 Å². The van der Waals surface area contributed by atoms with E-state index < -0.39 is 0 Å². The molecule has 4 rings (SSSR count). The fourth-order valence-electron chi connectivity index (χ4n) is 2.92. The molecule has 0 saturated heterocycles. The molecular formula is C19H18N4OS. The van der Waals surface area contributed by atoms with Crippen LogP contribution in [0.25, 0.3) is 11.0 Å². The van der Waals surface area contributed by atoms with Crippen molar-refractivity contribution in [2.24, 2.45) is 12.1 Å². The van der Waals surface area contributed by atoms with E-state index in [1.165, 1.54) is 11.8 Å². The standard InChI is InChI=1S/C19H18N4OS/c1-22-17-10-6-5-9-16(17)20-19(22)25-13-18(24)23-12-11-15(21-23)14-7-3-2-4-8-14/h2-10H,11-13H2,1H3. The van der Waals surface area contributed by atoms with Gasteiger partial charge in [0.15, 0.2) is 5.16 Å². The van der Waals surface area contributed by atoms with Crippen LogP contribution < -0.4 is 0 Å². The van der Waals surface area contributed by atoms with Crippen LogP contribution in [-0.4, -0.2) is 38.5 Å². The number of hydrogen-bond donors (Lipinski definition) is 0. The number of nitrogens with zero attached hydrogens (tertiary/aromatic N) is 4. The number of benzene rings is 2. The van der Waals surface area contributed by atoms with Gasteiger partial charge in [-0.25, -0.2) is 9.99 Å². The van der Waals surface area contributed by atoms with E-state index in [1.807, 2.05) is 66.2 Å². The Morgan fingerprint density at radius 1 is 1.12 bits per heavy atom. The van der Waals surface area contributed by atoms with Crippen LogP contribution in [0, 0.1) is 0 Å². The van der Waals surface area contributed by atoms with Gasteiger partial charge in [-0.05, 0) is 17.7 Å². The Bertz CT molecular complexity index is 948. The summed E-state index contributed by atoms with van der Waals surface area (Å²) < 4.78 is 2.02. The monoisotopic (exact) mass is 350 g/mol. The van der Waals surface area contributed by atoms with Gasteiger partial charge in [0.25, 0.3) is 5.91 Å². The third-order valence-corrected chi connectivity index (χ3v) is 5.28. The van der Waals surface area contributed by atoms with Crippen LogP contribution in [0.4, 0.5) is 0 Å². The second kappa shape index (κ2) is 6.72.